The molecule has 0 bridgehead atoms. The van der Waals surface area contributed by atoms with Gasteiger partial charge in [-0.05, 0) is 17.4 Å². The normalized spacial score (nSPS) is 12.9. The molecule has 0 saturated carbocycles. The number of hydrogen-bond donors (Lipinski definition) is 1. The predicted molar refractivity (Wildman–Crippen MR) is 43.8 cm³/mol. The van der Waals surface area contributed by atoms with Crippen LogP contribution in [-0.4, -0.2) is 40.0 Å². The van der Waals surface area contributed by atoms with Crippen molar-refractivity contribution in [3.8, 4) is 0 Å². The van der Waals surface area contributed by atoms with Crippen LogP contribution in [0.4, 0.5) is 5.95 Å². The summed E-state index contributed by atoms with van der Waals surface area (Å²) in [6, 6.07) is 0.208. The lowest BCUT2D eigenvalue weighted by Crippen LogP contribution is -2.22. The van der Waals surface area contributed by atoms with Crippen molar-refractivity contribution in [1.29, 1.82) is 0 Å². The SMILES string of the molecule is COCC(C)Nc1nnnn1C. The molecule has 0 aromatic carbocycles. The molecule has 68 valence electrons. The number of hydrogen-bond acceptors (Lipinski definition) is 5. The Morgan fingerprint density at radius 1 is 1.67 bits per heavy atom. The van der Waals surface area contributed by atoms with Gasteiger partial charge in [0.05, 0.1) is 6.61 Å². The van der Waals surface area contributed by atoms with Gasteiger partial charge in [0.2, 0.25) is 5.95 Å². The minimum atomic E-state index is 0.208. The van der Waals surface area contributed by atoms with Crippen LogP contribution in [0, 0.1) is 0 Å². The summed E-state index contributed by atoms with van der Waals surface area (Å²) in [5.74, 6) is 0.652. The molecule has 1 heterocycles. The fraction of sp³-hybridized carbons (Fsp3) is 0.833. The fourth-order valence-corrected chi connectivity index (χ4v) is 0.864. The van der Waals surface area contributed by atoms with Gasteiger partial charge in [-0.15, -0.1) is 0 Å². The first kappa shape index (κ1) is 8.92. The van der Waals surface area contributed by atoms with E-state index in [4.69, 9.17) is 4.74 Å². The van der Waals surface area contributed by atoms with Crippen LogP contribution in [-0.2, 0) is 11.8 Å². The highest BCUT2D eigenvalue weighted by Crippen LogP contribution is 1.98. The zero-order valence-electron chi connectivity index (χ0n) is 7.48. The second-order valence-electron chi connectivity index (χ2n) is 2.63. The van der Waals surface area contributed by atoms with Gasteiger partial charge in [0, 0.05) is 20.2 Å². The molecule has 1 atom stereocenters. The second-order valence-corrected chi connectivity index (χ2v) is 2.63. The van der Waals surface area contributed by atoms with Gasteiger partial charge < -0.3 is 10.1 Å². The standard InChI is InChI=1S/C6H13N5O/c1-5(4-12-3)7-6-8-9-10-11(6)2/h5H,4H2,1-3H3,(H,7,8,10). The van der Waals surface area contributed by atoms with E-state index in [1.54, 1.807) is 18.8 Å². The highest BCUT2D eigenvalue weighted by atomic mass is 16.5. The van der Waals surface area contributed by atoms with Gasteiger partial charge in [-0.2, -0.15) is 0 Å². The van der Waals surface area contributed by atoms with Crippen molar-refractivity contribution in [3.05, 3.63) is 0 Å². The lowest BCUT2D eigenvalue weighted by molar-refractivity contribution is 0.190. The molecule has 1 aromatic heterocycles. The molecule has 12 heavy (non-hydrogen) atoms. The molecule has 1 unspecified atom stereocenters. The second kappa shape index (κ2) is 4.01. The minimum Gasteiger partial charge on any atom is -0.383 e. The fourth-order valence-electron chi connectivity index (χ4n) is 0.864. The van der Waals surface area contributed by atoms with Crippen molar-refractivity contribution >= 4 is 5.95 Å². The van der Waals surface area contributed by atoms with Crippen molar-refractivity contribution in [1.82, 2.24) is 20.2 Å². The van der Waals surface area contributed by atoms with Crippen molar-refractivity contribution in [3.63, 3.8) is 0 Å². The van der Waals surface area contributed by atoms with E-state index in [2.05, 4.69) is 20.8 Å². The van der Waals surface area contributed by atoms with Crippen LogP contribution in [0.5, 0.6) is 0 Å². The van der Waals surface area contributed by atoms with Crippen LogP contribution < -0.4 is 5.32 Å². The van der Waals surface area contributed by atoms with Crippen LogP contribution >= 0.6 is 0 Å². The Hall–Kier alpha value is -1.17. The first-order valence-electron chi connectivity index (χ1n) is 3.72. The number of ether oxygens (including phenoxy) is 1. The molecular formula is C6H13N5O. The summed E-state index contributed by atoms with van der Waals surface area (Å²) in [7, 11) is 3.44. The molecule has 1 rings (SSSR count). The van der Waals surface area contributed by atoms with E-state index >= 15 is 0 Å². The molecule has 0 aliphatic carbocycles. The molecule has 0 radical (unpaired) electrons. The van der Waals surface area contributed by atoms with Gasteiger partial charge in [0.25, 0.3) is 0 Å². The molecule has 0 saturated heterocycles. The highest BCUT2D eigenvalue weighted by Gasteiger charge is 2.05. The van der Waals surface area contributed by atoms with Gasteiger partial charge in [-0.1, -0.05) is 5.10 Å². The molecule has 0 fully saturated rings. The van der Waals surface area contributed by atoms with Gasteiger partial charge in [-0.3, -0.25) is 0 Å². The molecule has 0 aliphatic rings. The Labute approximate surface area is 70.9 Å². The number of rotatable bonds is 4. The van der Waals surface area contributed by atoms with E-state index in [0.717, 1.165) is 0 Å². The topological polar surface area (TPSA) is 64.9 Å². The average Bonchev–Trinajstić information content (AvgIpc) is 2.37. The molecular weight excluding hydrogens is 158 g/mol. The van der Waals surface area contributed by atoms with E-state index in [1.165, 1.54) is 0 Å². The summed E-state index contributed by atoms with van der Waals surface area (Å²) >= 11 is 0. The first-order valence-corrected chi connectivity index (χ1v) is 3.72. The van der Waals surface area contributed by atoms with E-state index in [0.29, 0.717) is 12.6 Å². The molecule has 6 heteroatoms. The smallest absolute Gasteiger partial charge is 0.242 e. The van der Waals surface area contributed by atoms with Crippen LogP contribution in [0.3, 0.4) is 0 Å². The van der Waals surface area contributed by atoms with Crippen LogP contribution in [0.1, 0.15) is 6.92 Å². The minimum absolute atomic E-state index is 0.208. The van der Waals surface area contributed by atoms with E-state index < -0.39 is 0 Å². The largest absolute Gasteiger partial charge is 0.383 e. The third-order valence-corrected chi connectivity index (χ3v) is 1.41. The highest BCUT2D eigenvalue weighted by molar-refractivity contribution is 5.22. The molecule has 6 nitrogen and oxygen atoms in total. The summed E-state index contributed by atoms with van der Waals surface area (Å²) in [6.07, 6.45) is 0. The molecule has 1 N–H and O–H groups in total. The third-order valence-electron chi connectivity index (χ3n) is 1.41. The maximum absolute atomic E-state index is 4.95. The number of nitrogens with zero attached hydrogens (tertiary/aromatic N) is 4. The molecule has 1 aromatic rings. The number of tetrazole rings is 1. The number of aromatic nitrogens is 4. The number of anilines is 1. The van der Waals surface area contributed by atoms with Crippen molar-refractivity contribution in [2.75, 3.05) is 19.0 Å². The molecule has 0 aliphatic heterocycles. The van der Waals surface area contributed by atoms with Gasteiger partial charge >= 0.3 is 0 Å². The zero-order valence-corrected chi connectivity index (χ0v) is 7.48. The van der Waals surface area contributed by atoms with Crippen LogP contribution in [0.2, 0.25) is 0 Å². The maximum Gasteiger partial charge on any atom is 0.242 e. The zero-order chi connectivity index (χ0) is 8.97. The van der Waals surface area contributed by atoms with E-state index in [9.17, 15) is 0 Å². The number of nitrogens with one attached hydrogen (secondary N) is 1. The van der Waals surface area contributed by atoms with E-state index in [-0.39, 0.29) is 6.04 Å². The lowest BCUT2D eigenvalue weighted by atomic mass is 10.4. The monoisotopic (exact) mass is 171 g/mol. The van der Waals surface area contributed by atoms with Crippen LogP contribution in [0.25, 0.3) is 0 Å². The number of aryl methyl sites for hydroxylation is 1. The van der Waals surface area contributed by atoms with Gasteiger partial charge in [-0.25, -0.2) is 4.68 Å². The van der Waals surface area contributed by atoms with Gasteiger partial charge in [0.1, 0.15) is 0 Å². The molecule has 0 amide bonds. The first-order chi connectivity index (χ1) is 5.74. The molecule has 0 spiro atoms. The third kappa shape index (κ3) is 2.16. The average molecular weight is 171 g/mol. The van der Waals surface area contributed by atoms with Gasteiger partial charge in [0.15, 0.2) is 0 Å². The Morgan fingerprint density at radius 2 is 2.42 bits per heavy atom. The van der Waals surface area contributed by atoms with Crippen molar-refractivity contribution in [2.45, 2.75) is 13.0 Å². The quantitative estimate of drug-likeness (QED) is 0.671. The summed E-state index contributed by atoms with van der Waals surface area (Å²) in [6.45, 7) is 2.63. The Morgan fingerprint density at radius 3 is 2.92 bits per heavy atom. The predicted octanol–water partition coefficient (Wildman–Crippen LogP) is -0.343. The summed E-state index contributed by atoms with van der Waals surface area (Å²) < 4.78 is 6.53. The summed E-state index contributed by atoms with van der Waals surface area (Å²) in [5, 5.41) is 14.0. The Bertz CT molecular complexity index is 236. The Balaban J connectivity index is 2.46. The maximum atomic E-state index is 4.95. The Kier molecular flexibility index (Phi) is 2.98. The van der Waals surface area contributed by atoms with Crippen LogP contribution in [0.15, 0.2) is 0 Å². The van der Waals surface area contributed by atoms with E-state index in [1.807, 2.05) is 6.92 Å². The number of methoxy groups -OCH3 is 1. The van der Waals surface area contributed by atoms with Crippen molar-refractivity contribution in [2.24, 2.45) is 7.05 Å². The lowest BCUT2D eigenvalue weighted by Gasteiger charge is -2.11. The summed E-state index contributed by atoms with van der Waals surface area (Å²) in [5.41, 5.74) is 0. The van der Waals surface area contributed by atoms with Crippen molar-refractivity contribution < 1.29 is 4.74 Å². The summed E-state index contributed by atoms with van der Waals surface area (Å²) in [4.78, 5) is 0.